The van der Waals surface area contributed by atoms with E-state index in [-0.39, 0.29) is 12.0 Å². The lowest BCUT2D eigenvalue weighted by Crippen LogP contribution is -2.50. The minimum Gasteiger partial charge on any atom is -0.459 e. The molecule has 0 aromatic carbocycles. The zero-order valence-corrected chi connectivity index (χ0v) is 23.8. The van der Waals surface area contributed by atoms with Gasteiger partial charge < -0.3 is 25.2 Å². The molecule has 0 saturated carbocycles. The van der Waals surface area contributed by atoms with Gasteiger partial charge in [-0.15, -0.1) is 11.3 Å². The molecule has 0 radical (unpaired) electrons. The van der Waals surface area contributed by atoms with Crippen LogP contribution in [0, 0.1) is 23.7 Å². The Morgan fingerprint density at radius 2 is 1.91 bits per heavy atom. The van der Waals surface area contributed by atoms with Gasteiger partial charge in [-0.1, -0.05) is 33.8 Å². The smallest absolute Gasteiger partial charge is 0.311 e. The summed E-state index contributed by atoms with van der Waals surface area (Å²) in [7, 11) is 0. The lowest BCUT2D eigenvalue weighted by molar-refractivity contribution is -0.175. The fraction of sp³-hybridized carbons (Fsp3) is 0.821. The number of thiophene rings is 1. The van der Waals surface area contributed by atoms with E-state index >= 15 is 0 Å². The molecule has 35 heavy (non-hydrogen) atoms. The van der Waals surface area contributed by atoms with Gasteiger partial charge in [0.25, 0.3) is 0 Å². The highest BCUT2D eigenvalue weighted by Crippen LogP contribution is 2.31. The highest BCUT2D eigenvalue weighted by molar-refractivity contribution is 7.09. The Morgan fingerprint density at radius 3 is 2.54 bits per heavy atom. The van der Waals surface area contributed by atoms with Crippen LogP contribution in [0.3, 0.4) is 0 Å². The van der Waals surface area contributed by atoms with E-state index in [1.807, 2.05) is 13.8 Å². The minimum absolute atomic E-state index is 0.00847. The number of rotatable bonds is 7. The van der Waals surface area contributed by atoms with Crippen LogP contribution in [0.15, 0.2) is 17.5 Å². The third-order valence-corrected chi connectivity index (χ3v) is 8.91. The summed E-state index contributed by atoms with van der Waals surface area (Å²) in [5, 5.41) is 27.9. The van der Waals surface area contributed by atoms with Crippen molar-refractivity contribution in [3.63, 3.8) is 0 Å². The Labute approximate surface area is 217 Å². The fourth-order valence-corrected chi connectivity index (χ4v) is 6.09. The van der Waals surface area contributed by atoms with E-state index in [2.05, 4.69) is 48.5 Å². The predicted molar refractivity (Wildman–Crippen MR) is 144 cm³/mol. The van der Waals surface area contributed by atoms with Crippen molar-refractivity contribution in [2.75, 3.05) is 19.6 Å². The van der Waals surface area contributed by atoms with Crippen LogP contribution in [-0.4, -0.2) is 64.6 Å². The van der Waals surface area contributed by atoms with Gasteiger partial charge in [0.05, 0.1) is 12.0 Å². The standard InChI is InChI=1S/C28H50N2O4S/c1-8-25-28(7,33)16-22(5)30(13-10-12-29-17-24-11-9-14-35-24)18-21(4)19(2)15-20(3)26(31)23(6)27(32)34-25/h9,11,14,19-23,25-26,29,31,33H,8,10,12-13,15-18H2,1-7H3/t19?,20?,21-,22+,23?,25?,26?,28-/m0/s1. The number of carbonyl (C=O) groups is 1. The number of aliphatic hydroxyl groups excluding tert-OH is 1. The maximum atomic E-state index is 12.9. The average Bonchev–Trinajstić information content (AvgIpc) is 3.32. The highest BCUT2D eigenvalue weighted by atomic mass is 32.1. The normalized spacial score (nSPS) is 36.5. The van der Waals surface area contributed by atoms with Gasteiger partial charge in [-0.3, -0.25) is 4.79 Å². The summed E-state index contributed by atoms with van der Waals surface area (Å²) in [4.78, 5) is 16.7. The van der Waals surface area contributed by atoms with E-state index in [4.69, 9.17) is 4.74 Å². The van der Waals surface area contributed by atoms with Crippen molar-refractivity contribution in [3.05, 3.63) is 22.4 Å². The van der Waals surface area contributed by atoms with Crippen molar-refractivity contribution in [1.82, 2.24) is 10.2 Å². The van der Waals surface area contributed by atoms with Crippen molar-refractivity contribution in [3.8, 4) is 0 Å². The van der Waals surface area contributed by atoms with Gasteiger partial charge in [-0.25, -0.2) is 0 Å². The summed E-state index contributed by atoms with van der Waals surface area (Å²) in [6.45, 7) is 17.9. The van der Waals surface area contributed by atoms with Crippen LogP contribution in [0.2, 0.25) is 0 Å². The molecule has 7 heteroatoms. The second-order valence-electron chi connectivity index (χ2n) is 11.3. The first-order valence-corrected chi connectivity index (χ1v) is 14.4. The Kier molecular flexibility index (Phi) is 12.2. The summed E-state index contributed by atoms with van der Waals surface area (Å²) < 4.78 is 5.79. The Morgan fingerprint density at radius 1 is 1.20 bits per heavy atom. The van der Waals surface area contributed by atoms with E-state index < -0.39 is 29.7 Å². The van der Waals surface area contributed by atoms with Crippen LogP contribution in [0.1, 0.15) is 79.0 Å². The van der Waals surface area contributed by atoms with Crippen molar-refractivity contribution >= 4 is 17.3 Å². The fourth-order valence-electron chi connectivity index (χ4n) is 5.42. The molecule has 1 aromatic rings. The topological polar surface area (TPSA) is 82.0 Å². The van der Waals surface area contributed by atoms with Crippen LogP contribution < -0.4 is 5.32 Å². The number of cyclic esters (lactones) is 1. The number of nitrogens with one attached hydrogen (secondary N) is 1. The number of ether oxygens (including phenoxy) is 1. The summed E-state index contributed by atoms with van der Waals surface area (Å²) >= 11 is 1.77. The van der Waals surface area contributed by atoms with Crippen molar-refractivity contribution in [2.45, 2.75) is 105 Å². The molecule has 1 aromatic heterocycles. The van der Waals surface area contributed by atoms with Gasteiger partial charge in [0.2, 0.25) is 0 Å². The second-order valence-corrected chi connectivity index (χ2v) is 12.3. The van der Waals surface area contributed by atoms with E-state index in [0.29, 0.717) is 24.7 Å². The zero-order chi connectivity index (χ0) is 26.2. The maximum absolute atomic E-state index is 12.9. The largest absolute Gasteiger partial charge is 0.459 e. The molecular formula is C28H50N2O4S. The lowest BCUT2D eigenvalue weighted by atomic mass is 9.81. The van der Waals surface area contributed by atoms with Crippen LogP contribution in [0.5, 0.6) is 0 Å². The van der Waals surface area contributed by atoms with Gasteiger partial charge in [0.1, 0.15) is 11.7 Å². The summed E-state index contributed by atoms with van der Waals surface area (Å²) in [5.41, 5.74) is -1.14. The first-order chi connectivity index (χ1) is 16.5. The molecule has 1 fully saturated rings. The van der Waals surface area contributed by atoms with Crippen LogP contribution in [0.25, 0.3) is 0 Å². The molecule has 0 bridgehead atoms. The van der Waals surface area contributed by atoms with E-state index in [0.717, 1.165) is 39.0 Å². The summed E-state index contributed by atoms with van der Waals surface area (Å²) in [6, 6.07) is 4.38. The summed E-state index contributed by atoms with van der Waals surface area (Å²) in [6.07, 6.45) is 1.58. The minimum atomic E-state index is -1.14. The molecule has 8 atom stereocenters. The Balaban J connectivity index is 2.14. The monoisotopic (exact) mass is 510 g/mol. The SMILES string of the molecule is CCC1OC(=O)C(C)C(O)C(C)CC(C)[C@@H](C)CN(CCCNCc2cccs2)[C@H](C)C[C@]1(C)O. The molecule has 1 aliphatic rings. The van der Waals surface area contributed by atoms with Gasteiger partial charge in [-0.2, -0.15) is 0 Å². The van der Waals surface area contributed by atoms with Crippen molar-refractivity contribution in [2.24, 2.45) is 23.7 Å². The number of aliphatic hydroxyl groups is 2. The van der Waals surface area contributed by atoms with E-state index in [1.165, 1.54) is 4.88 Å². The Hall–Kier alpha value is -0.990. The van der Waals surface area contributed by atoms with E-state index in [9.17, 15) is 15.0 Å². The number of nitrogens with zero attached hydrogens (tertiary/aromatic N) is 1. The lowest BCUT2D eigenvalue weighted by Gasteiger charge is -2.40. The predicted octanol–water partition coefficient (Wildman–Crippen LogP) is 4.69. The summed E-state index contributed by atoms with van der Waals surface area (Å²) in [5.74, 6) is -0.207. The molecule has 5 unspecified atom stereocenters. The molecule has 0 amide bonds. The number of hydrogen-bond donors (Lipinski definition) is 3. The number of esters is 1. The number of carbonyl (C=O) groups excluding carboxylic acids is 1. The molecule has 202 valence electrons. The Bertz CT molecular complexity index is 741. The average molecular weight is 511 g/mol. The molecule has 1 saturated heterocycles. The van der Waals surface area contributed by atoms with Crippen LogP contribution in [0.4, 0.5) is 0 Å². The van der Waals surface area contributed by atoms with Gasteiger partial charge in [0.15, 0.2) is 0 Å². The molecule has 2 rings (SSSR count). The number of hydrogen-bond acceptors (Lipinski definition) is 7. The van der Waals surface area contributed by atoms with Crippen LogP contribution in [-0.2, 0) is 16.1 Å². The molecule has 3 N–H and O–H groups in total. The quantitative estimate of drug-likeness (QED) is 0.365. The van der Waals surface area contributed by atoms with Crippen molar-refractivity contribution < 1.29 is 19.7 Å². The molecule has 0 spiro atoms. The highest BCUT2D eigenvalue weighted by Gasteiger charge is 2.39. The third kappa shape index (κ3) is 9.12. The van der Waals surface area contributed by atoms with Gasteiger partial charge >= 0.3 is 5.97 Å². The van der Waals surface area contributed by atoms with Crippen molar-refractivity contribution in [1.29, 1.82) is 0 Å². The van der Waals surface area contributed by atoms with Gasteiger partial charge in [-0.05, 0) is 88.7 Å². The third-order valence-electron chi connectivity index (χ3n) is 8.04. The van der Waals surface area contributed by atoms with Gasteiger partial charge in [0, 0.05) is 24.0 Å². The first kappa shape index (κ1) is 30.2. The molecule has 2 heterocycles. The molecule has 1 aliphatic heterocycles. The maximum Gasteiger partial charge on any atom is 0.311 e. The van der Waals surface area contributed by atoms with E-state index in [1.54, 1.807) is 25.2 Å². The molecule has 0 aliphatic carbocycles. The first-order valence-electron chi connectivity index (χ1n) is 13.5. The second kappa shape index (κ2) is 14.1. The zero-order valence-electron chi connectivity index (χ0n) is 23.0. The molecular weight excluding hydrogens is 460 g/mol. The van der Waals surface area contributed by atoms with Crippen LogP contribution >= 0.6 is 11.3 Å². The molecule has 6 nitrogen and oxygen atoms in total.